The molecular weight excluding hydrogens is 414 g/mol. The van der Waals surface area contributed by atoms with Crippen molar-refractivity contribution < 1.29 is 13.2 Å². The van der Waals surface area contributed by atoms with Crippen molar-refractivity contribution in [2.75, 3.05) is 18.1 Å². The lowest BCUT2D eigenvalue weighted by Gasteiger charge is -2.27. The van der Waals surface area contributed by atoms with Crippen LogP contribution in [0.5, 0.6) is 0 Å². The van der Waals surface area contributed by atoms with Gasteiger partial charge in [-0.15, -0.1) is 0 Å². The summed E-state index contributed by atoms with van der Waals surface area (Å²) in [6.07, 6.45) is 4.35. The number of sulfone groups is 1. The molecule has 1 fully saturated rings. The molecule has 0 bridgehead atoms. The number of benzene rings is 2. The number of carbonyl (C=O) groups excluding carboxylic acids is 1. The van der Waals surface area contributed by atoms with Gasteiger partial charge in [0.2, 0.25) is 0 Å². The second-order valence-corrected chi connectivity index (χ2v) is 9.48. The molecule has 0 aromatic heterocycles. The summed E-state index contributed by atoms with van der Waals surface area (Å²) in [5.41, 5.74) is 1.60. The van der Waals surface area contributed by atoms with Crippen molar-refractivity contribution in [2.24, 2.45) is 0 Å². The molecule has 136 valence electrons. The van der Waals surface area contributed by atoms with Crippen LogP contribution in [0, 0.1) is 0 Å². The van der Waals surface area contributed by atoms with Crippen LogP contribution < -0.4 is 0 Å². The van der Waals surface area contributed by atoms with Gasteiger partial charge in [-0.25, -0.2) is 8.42 Å². The molecule has 1 heterocycles. The van der Waals surface area contributed by atoms with Crippen molar-refractivity contribution >= 4 is 37.8 Å². The fourth-order valence-electron chi connectivity index (χ4n) is 3.04. The van der Waals surface area contributed by atoms with Crippen LogP contribution in [0.15, 0.2) is 65.1 Å². The molecule has 4 nitrogen and oxygen atoms in total. The largest absolute Gasteiger partial charge is 0.331 e. The summed E-state index contributed by atoms with van der Waals surface area (Å²) in [5, 5.41) is 0. The van der Waals surface area contributed by atoms with E-state index in [4.69, 9.17) is 0 Å². The normalized spacial score (nSPS) is 18.9. The molecule has 1 aliphatic rings. The van der Waals surface area contributed by atoms with E-state index in [1.807, 2.05) is 54.6 Å². The number of hydrogen-bond donors (Lipinski definition) is 0. The molecule has 6 heteroatoms. The van der Waals surface area contributed by atoms with Crippen molar-refractivity contribution in [3.05, 3.63) is 76.3 Å². The van der Waals surface area contributed by atoms with Crippen LogP contribution in [0.3, 0.4) is 0 Å². The zero-order valence-corrected chi connectivity index (χ0v) is 16.6. The van der Waals surface area contributed by atoms with Gasteiger partial charge in [0.15, 0.2) is 9.84 Å². The van der Waals surface area contributed by atoms with E-state index in [0.29, 0.717) is 18.5 Å². The topological polar surface area (TPSA) is 54.5 Å². The Morgan fingerprint density at radius 3 is 2.42 bits per heavy atom. The molecular formula is C20H20BrNO3S. The predicted octanol–water partition coefficient (Wildman–Crippen LogP) is 3.79. The number of amides is 1. The Hall–Kier alpha value is -1.92. The third kappa shape index (κ3) is 4.83. The first-order chi connectivity index (χ1) is 12.4. The maximum absolute atomic E-state index is 13.0. The van der Waals surface area contributed by atoms with E-state index < -0.39 is 9.84 Å². The Kier molecular flexibility index (Phi) is 5.94. The summed E-state index contributed by atoms with van der Waals surface area (Å²) in [5.74, 6) is 0.0378. The lowest BCUT2D eigenvalue weighted by Crippen LogP contribution is -2.41. The maximum Gasteiger partial charge on any atom is 0.254 e. The minimum atomic E-state index is -3.07. The number of carbonyl (C=O) groups is 1. The zero-order chi connectivity index (χ0) is 18.6. The minimum Gasteiger partial charge on any atom is -0.331 e. The molecule has 2 aromatic carbocycles. The van der Waals surface area contributed by atoms with Crippen molar-refractivity contribution in [3.8, 4) is 0 Å². The molecule has 1 unspecified atom stereocenters. The molecule has 26 heavy (non-hydrogen) atoms. The molecule has 0 spiro atoms. The molecule has 0 aliphatic carbocycles. The summed E-state index contributed by atoms with van der Waals surface area (Å²) < 4.78 is 24.7. The zero-order valence-electron chi connectivity index (χ0n) is 14.2. The van der Waals surface area contributed by atoms with Crippen LogP contribution in [0.4, 0.5) is 0 Å². The number of nitrogens with zero attached hydrogens (tertiary/aromatic N) is 1. The predicted molar refractivity (Wildman–Crippen MR) is 108 cm³/mol. The Morgan fingerprint density at radius 1 is 1.12 bits per heavy atom. The average Bonchev–Trinajstić information content (AvgIpc) is 2.99. The van der Waals surface area contributed by atoms with Gasteiger partial charge in [-0.1, -0.05) is 58.4 Å². The molecule has 1 atom stereocenters. The highest BCUT2D eigenvalue weighted by molar-refractivity contribution is 9.10. The molecule has 1 amide bonds. The molecule has 0 radical (unpaired) electrons. The van der Waals surface area contributed by atoms with Gasteiger partial charge in [-0.05, 0) is 36.2 Å². The molecule has 2 aromatic rings. The third-order valence-electron chi connectivity index (χ3n) is 4.41. The fraction of sp³-hybridized carbons (Fsp3) is 0.250. The van der Waals surface area contributed by atoms with E-state index >= 15 is 0 Å². The van der Waals surface area contributed by atoms with Gasteiger partial charge in [0.25, 0.3) is 5.91 Å². The van der Waals surface area contributed by atoms with Crippen molar-refractivity contribution in [2.45, 2.75) is 12.5 Å². The summed E-state index contributed by atoms with van der Waals surface area (Å²) in [6.45, 7) is 0.379. The van der Waals surface area contributed by atoms with Gasteiger partial charge in [0.1, 0.15) is 0 Å². The van der Waals surface area contributed by atoms with Crippen LogP contribution in [0.1, 0.15) is 22.3 Å². The van der Waals surface area contributed by atoms with Gasteiger partial charge < -0.3 is 4.90 Å². The molecule has 1 aliphatic heterocycles. The highest BCUT2D eigenvalue weighted by Crippen LogP contribution is 2.21. The minimum absolute atomic E-state index is 0.0362. The second kappa shape index (κ2) is 8.18. The van der Waals surface area contributed by atoms with Crippen LogP contribution >= 0.6 is 15.9 Å². The Morgan fingerprint density at radius 2 is 1.81 bits per heavy atom. The summed E-state index contributed by atoms with van der Waals surface area (Å²) in [7, 11) is -3.07. The van der Waals surface area contributed by atoms with Crippen LogP contribution in [-0.4, -0.2) is 43.3 Å². The molecule has 0 N–H and O–H groups in total. The van der Waals surface area contributed by atoms with Crippen molar-refractivity contribution in [1.82, 2.24) is 4.90 Å². The first-order valence-corrected chi connectivity index (χ1v) is 11.0. The lowest BCUT2D eigenvalue weighted by molar-refractivity contribution is 0.0721. The summed E-state index contributed by atoms with van der Waals surface area (Å²) >= 11 is 3.37. The second-order valence-electron chi connectivity index (χ2n) is 6.33. The lowest BCUT2D eigenvalue weighted by atomic mass is 10.1. The highest BCUT2D eigenvalue weighted by atomic mass is 79.9. The molecule has 3 rings (SSSR count). The van der Waals surface area contributed by atoms with E-state index in [0.717, 1.165) is 10.0 Å². The Labute approximate surface area is 162 Å². The van der Waals surface area contributed by atoms with E-state index in [1.54, 1.807) is 17.0 Å². The number of hydrogen-bond acceptors (Lipinski definition) is 3. The van der Waals surface area contributed by atoms with Crippen molar-refractivity contribution in [3.63, 3.8) is 0 Å². The monoisotopic (exact) mass is 433 g/mol. The smallest absolute Gasteiger partial charge is 0.254 e. The number of halogens is 1. The molecule has 1 saturated heterocycles. The van der Waals surface area contributed by atoms with E-state index in [-0.39, 0.29) is 23.5 Å². The first-order valence-electron chi connectivity index (χ1n) is 8.43. The SMILES string of the molecule is O=C(c1ccc(Br)cc1)N(C/C=C/c1ccccc1)C1CCS(=O)(=O)C1. The fourth-order valence-corrected chi connectivity index (χ4v) is 5.04. The highest BCUT2D eigenvalue weighted by Gasteiger charge is 2.34. The van der Waals surface area contributed by atoms with Crippen molar-refractivity contribution in [1.29, 1.82) is 0 Å². The van der Waals surface area contributed by atoms with Gasteiger partial charge in [0, 0.05) is 22.6 Å². The van der Waals surface area contributed by atoms with Crippen LogP contribution in [0.2, 0.25) is 0 Å². The van der Waals surface area contributed by atoms with Crippen LogP contribution in [0.25, 0.3) is 6.08 Å². The molecule has 0 saturated carbocycles. The van der Waals surface area contributed by atoms with Gasteiger partial charge in [-0.2, -0.15) is 0 Å². The van der Waals surface area contributed by atoms with E-state index in [1.165, 1.54) is 0 Å². The van der Waals surface area contributed by atoms with E-state index in [9.17, 15) is 13.2 Å². The summed E-state index contributed by atoms with van der Waals surface area (Å²) in [6, 6.07) is 16.7. The average molecular weight is 434 g/mol. The van der Waals surface area contributed by atoms with Crippen LogP contribution in [-0.2, 0) is 9.84 Å². The first kappa shape index (κ1) is 18.9. The van der Waals surface area contributed by atoms with Gasteiger partial charge in [0.05, 0.1) is 11.5 Å². The van der Waals surface area contributed by atoms with E-state index in [2.05, 4.69) is 15.9 Å². The number of rotatable bonds is 5. The Balaban J connectivity index is 1.80. The Bertz CT molecular complexity index is 892. The third-order valence-corrected chi connectivity index (χ3v) is 6.69. The maximum atomic E-state index is 13.0. The summed E-state index contributed by atoms with van der Waals surface area (Å²) in [4.78, 5) is 14.7. The standard InChI is InChI=1S/C20H20BrNO3S/c21-18-10-8-17(9-11-18)20(23)22(19-12-14-26(24,25)15-19)13-4-7-16-5-2-1-3-6-16/h1-11,19H,12-15H2/b7-4+. The van der Waals surface area contributed by atoms with Gasteiger partial charge in [-0.3, -0.25) is 4.79 Å². The quantitative estimate of drug-likeness (QED) is 0.720. The van der Waals surface area contributed by atoms with Gasteiger partial charge >= 0.3 is 0 Å².